The van der Waals surface area contributed by atoms with Crippen molar-refractivity contribution in [3.05, 3.63) is 35.9 Å². The number of nitrogens with two attached hydrogens (primary N) is 5. The largest absolute Gasteiger partial charge is 0.481 e. The van der Waals surface area contributed by atoms with Crippen LogP contribution < -0.4 is 146 Å². The van der Waals surface area contributed by atoms with Crippen molar-refractivity contribution in [2.24, 2.45) is 46.4 Å². The predicted octanol–water partition coefficient (Wildman–Crippen LogP) is -15.8. The van der Waals surface area contributed by atoms with Crippen molar-refractivity contribution in [2.75, 3.05) is 83.7 Å². The van der Waals surface area contributed by atoms with E-state index < -0.39 is 371 Å². The number of benzene rings is 1. The van der Waals surface area contributed by atoms with Gasteiger partial charge in [-0.25, -0.2) is 4.79 Å². The van der Waals surface area contributed by atoms with Gasteiger partial charge in [-0.05, 0) is 68.8 Å². The lowest BCUT2D eigenvalue weighted by molar-refractivity contribution is -0.143. The maximum absolute atomic E-state index is 14.8. The Morgan fingerprint density at radius 3 is 1.40 bits per heavy atom. The number of guanidine groups is 2. The van der Waals surface area contributed by atoms with Gasteiger partial charge in [0.2, 0.25) is 130 Å². The molecule has 1 saturated heterocycles. The fraction of sp³-hybridized carbons (Fsp3) is 0.614. The maximum atomic E-state index is 14.8. The number of carbonyl (C=O) groups excluding carboxylic acids is 22. The van der Waals surface area contributed by atoms with E-state index in [4.69, 9.17) is 39.5 Å². The molecule has 1 aromatic carbocycles. The first kappa shape index (κ1) is 126. The summed E-state index contributed by atoms with van der Waals surface area (Å²) in [6.07, 6.45) is -4.54. The standard InChI is InChI=1S/C83H135N29O30S2/c1-8-39(5)64-79(139)97-29-59(120)98-41(7)66(126)102-46(19-20-56(85)117)71(131)108-51(33-114)70(130)96-30-61(122)100-47(23-38(3)4)68(128)95-31-62(123)101-54(77(137)105-49(25-57(86)118)74(134)109-53(35-116)81(141)142)36-143-144-37-55(110-76(136)52(34-115)107-67(127)43(84)32-113)78(138)104-48(24-42-15-11-10-12-16-42)69(129)94-27-58(119)93-28-60(121)99-44(17-13-21-91-82(87)88)72(132)112-65(40(6)9-2)80(140)106-50(26-63(124)125)75(135)103-45(73(133)111-64)18-14-22-92-83(89)90/h10-12,15-16,38-41,43-55,64-65,113-116H,8-9,13-14,17-37,84H2,1-7H3,(H2,85,117)(H2,86,118)(H,93,119)(H,94,129)(H,95,128)(H,96,130)(H,97,139)(H,98,120)(H,99,121)(H,100,122)(H,101,123)(H,102,126)(H,103,135)(H,104,138)(H,105,137)(H,106,140)(H,107,127)(H,108,131)(H,109,134)(H,110,136)(H,111,133)(H,112,132)(H,124,125)(H,141,142)(H4,87,88,91)(H4,89,90,92)/t39-,40-,41-,43-,44?,45-,46?,47-,48?,49-,50?,51-,52-,53-,54-,55?,64-,65-/m0/s1. The molecule has 0 radical (unpaired) electrons. The van der Waals surface area contributed by atoms with Crippen LogP contribution in [0.2, 0.25) is 0 Å². The molecule has 2 rings (SSSR count). The average molecular weight is 2080 g/mol. The van der Waals surface area contributed by atoms with E-state index in [0.717, 1.165) is 6.92 Å². The molecule has 1 aliphatic heterocycles. The summed E-state index contributed by atoms with van der Waals surface area (Å²) >= 11 is 0. The molecule has 59 nitrogen and oxygen atoms in total. The summed E-state index contributed by atoms with van der Waals surface area (Å²) < 4.78 is 0. The van der Waals surface area contributed by atoms with Crippen LogP contribution in [0, 0.1) is 28.6 Å². The molecule has 5 unspecified atom stereocenters. The second-order valence-corrected chi connectivity index (χ2v) is 35.9. The topological polar surface area (TPSA) is 974 Å². The van der Waals surface area contributed by atoms with Gasteiger partial charge in [0.15, 0.2) is 11.9 Å². The zero-order chi connectivity index (χ0) is 109. The van der Waals surface area contributed by atoms with Crippen LogP contribution in [0.1, 0.15) is 125 Å². The lowest BCUT2D eigenvalue weighted by atomic mass is 9.96. The third-order valence-corrected chi connectivity index (χ3v) is 23.6. The number of amides is 22. The predicted molar refractivity (Wildman–Crippen MR) is 510 cm³/mol. The number of aliphatic carboxylic acids is 2. The van der Waals surface area contributed by atoms with Crippen LogP contribution in [-0.4, -0.2) is 365 Å². The molecule has 18 atom stereocenters. The molecule has 1 aliphatic rings. The molecular weight excluding hydrogens is 1950 g/mol. The van der Waals surface area contributed by atoms with Crippen molar-refractivity contribution >= 4 is 175 Å². The van der Waals surface area contributed by atoms with Gasteiger partial charge in [0.1, 0.15) is 96.7 Å². The molecule has 0 bridgehead atoms. The molecule has 22 amide bonds. The van der Waals surface area contributed by atoms with Crippen molar-refractivity contribution in [2.45, 2.75) is 222 Å². The van der Waals surface area contributed by atoms with Crippen molar-refractivity contribution in [1.82, 2.24) is 117 Å². The van der Waals surface area contributed by atoms with E-state index in [-0.39, 0.29) is 58.0 Å². The van der Waals surface area contributed by atoms with Crippen LogP contribution >= 0.6 is 21.6 Å². The van der Waals surface area contributed by atoms with Gasteiger partial charge in [-0.15, -0.1) is 0 Å². The molecule has 1 aromatic rings. The molecule has 0 aliphatic carbocycles. The summed E-state index contributed by atoms with van der Waals surface area (Å²) in [5, 5.41) is 126. The Balaban J connectivity index is 2.99. The van der Waals surface area contributed by atoms with Gasteiger partial charge in [-0.2, -0.15) is 0 Å². The molecule has 0 aromatic heterocycles. The van der Waals surface area contributed by atoms with E-state index in [1.54, 1.807) is 33.8 Å². The van der Waals surface area contributed by atoms with Crippen molar-refractivity contribution in [3.8, 4) is 0 Å². The first-order valence-electron chi connectivity index (χ1n) is 45.4. The highest BCUT2D eigenvalue weighted by molar-refractivity contribution is 8.76. The highest BCUT2D eigenvalue weighted by atomic mass is 33.1. The Hall–Kier alpha value is -14.5. The first-order valence-corrected chi connectivity index (χ1v) is 47.8. The minimum absolute atomic E-state index is 0.0449. The molecule has 144 heavy (non-hydrogen) atoms. The van der Waals surface area contributed by atoms with E-state index in [1.807, 2.05) is 5.32 Å². The minimum atomic E-state index is -2.07. The van der Waals surface area contributed by atoms with E-state index in [0.29, 0.717) is 27.2 Å². The molecule has 0 spiro atoms. The fourth-order valence-electron chi connectivity index (χ4n) is 12.8. The third kappa shape index (κ3) is 48.8. The lowest BCUT2D eigenvalue weighted by Gasteiger charge is -2.29. The number of primary amides is 2. The van der Waals surface area contributed by atoms with Gasteiger partial charge >= 0.3 is 11.9 Å². The Bertz CT molecular complexity index is 4650. The molecule has 804 valence electrons. The number of aliphatic hydroxyl groups excluding tert-OH is 4. The molecule has 61 heteroatoms. The number of carboxylic acid groups (broad SMARTS) is 2. The van der Waals surface area contributed by atoms with Crippen LogP contribution in [0.4, 0.5) is 0 Å². The van der Waals surface area contributed by atoms with Gasteiger partial charge in [0.05, 0.1) is 72.0 Å². The van der Waals surface area contributed by atoms with E-state index in [1.165, 1.54) is 38.1 Å². The molecule has 1 fully saturated rings. The van der Waals surface area contributed by atoms with Gasteiger partial charge in [0.25, 0.3) is 0 Å². The maximum Gasteiger partial charge on any atom is 0.328 e. The quantitative estimate of drug-likeness (QED) is 0.0128. The van der Waals surface area contributed by atoms with Crippen LogP contribution in [0.3, 0.4) is 0 Å². The van der Waals surface area contributed by atoms with Crippen LogP contribution in [-0.2, 0) is 121 Å². The summed E-state index contributed by atoms with van der Waals surface area (Å²) in [4.78, 5) is 329. The number of aliphatic hydroxyl groups is 4. The van der Waals surface area contributed by atoms with Crippen LogP contribution in [0.25, 0.3) is 0 Å². The zero-order valence-electron chi connectivity index (χ0n) is 80.2. The van der Waals surface area contributed by atoms with E-state index in [2.05, 4.69) is 112 Å². The number of carbonyl (C=O) groups is 24. The second-order valence-electron chi connectivity index (χ2n) is 33.4. The minimum Gasteiger partial charge on any atom is -0.481 e. The highest BCUT2D eigenvalue weighted by Crippen LogP contribution is 2.24. The molecular formula is C83H135N29O30S2. The Morgan fingerprint density at radius 2 is 0.889 bits per heavy atom. The smallest absolute Gasteiger partial charge is 0.328 e. The summed E-state index contributed by atoms with van der Waals surface area (Å²) in [5.74, 6) is -33.9. The van der Waals surface area contributed by atoms with Gasteiger partial charge in [0, 0.05) is 37.4 Å². The van der Waals surface area contributed by atoms with Crippen molar-refractivity contribution in [1.29, 1.82) is 10.8 Å². The van der Waals surface area contributed by atoms with Crippen LogP contribution in [0.5, 0.6) is 0 Å². The van der Waals surface area contributed by atoms with Gasteiger partial charge in [-0.1, -0.05) is 106 Å². The van der Waals surface area contributed by atoms with Crippen LogP contribution in [0.15, 0.2) is 30.3 Å². The zero-order valence-corrected chi connectivity index (χ0v) is 81.9. The average Bonchev–Trinajstić information content (AvgIpc) is 0.836. The second kappa shape index (κ2) is 66.3. The third-order valence-electron chi connectivity index (χ3n) is 21.2. The molecule has 40 N–H and O–H groups in total. The van der Waals surface area contributed by atoms with E-state index in [9.17, 15) is 146 Å². The highest BCUT2D eigenvalue weighted by Gasteiger charge is 2.40. The monoisotopic (exact) mass is 2080 g/mol. The first-order chi connectivity index (χ1) is 67.8. The summed E-state index contributed by atoms with van der Waals surface area (Å²) in [7, 11) is 1.19. The number of hydrogen-bond donors (Lipinski definition) is 35. The normalized spacial score (nSPS) is 22.9. The van der Waals surface area contributed by atoms with Crippen molar-refractivity contribution in [3.63, 3.8) is 0 Å². The molecule has 1 heterocycles. The number of carboxylic acids is 2. The Labute approximate surface area is 833 Å². The summed E-state index contributed by atoms with van der Waals surface area (Å²) in [5.41, 5.74) is 27.7. The molecule has 0 saturated carbocycles. The van der Waals surface area contributed by atoms with Gasteiger partial charge in [-0.3, -0.25) is 121 Å². The number of rotatable bonds is 36. The lowest BCUT2D eigenvalue weighted by Crippen LogP contribution is -2.61. The number of nitrogens with one attached hydrogen (secondary N) is 24. The Kier molecular flexibility index (Phi) is 57.9. The number of hydrogen-bond acceptors (Lipinski definition) is 33. The summed E-state index contributed by atoms with van der Waals surface area (Å²) in [6.45, 7) is 0.820. The van der Waals surface area contributed by atoms with Crippen molar-refractivity contribution < 1.29 is 146 Å². The Morgan fingerprint density at radius 1 is 0.444 bits per heavy atom. The van der Waals surface area contributed by atoms with E-state index >= 15 is 0 Å². The SMILES string of the molecule is CC[C@H](C)[C@@H]1NC(=O)C(CCCNC(=N)N)NC(=O)CNC(=O)CNC(=O)C(Cc2ccccc2)NC(=O)C(NC(=O)[C@H](CO)NC(=O)[C@@H](N)CO)CSSC[C@@H](C(=O)N[C@@H](CC(N)=O)C(=O)N[C@@H](CO)C(=O)O)NC(=O)CNC(=O)[C@H](CC(C)C)NC(=O)CNC(=O)[C@H](CO)NC(=O)C(CCC(N)=O)NC(=O)[C@H](C)NC(=O)CNC(=O)[C@H]([C@@H](C)CC)NC(=O)[C@H](CCCNC(=N)N)NC(=O)C(CC(=O)O)NC1=O. The van der Waals surface area contributed by atoms with Gasteiger partial charge < -0.3 is 176 Å². The fourth-order valence-corrected chi connectivity index (χ4v) is 15.2. The summed E-state index contributed by atoms with van der Waals surface area (Å²) in [6, 6.07) is -21.1.